The van der Waals surface area contributed by atoms with E-state index < -0.39 is 28.5 Å². The van der Waals surface area contributed by atoms with Gasteiger partial charge in [-0.05, 0) is 60.9 Å². The van der Waals surface area contributed by atoms with Gasteiger partial charge in [0.1, 0.15) is 24.9 Å². The van der Waals surface area contributed by atoms with Crippen LogP contribution in [0, 0.1) is 0 Å². The summed E-state index contributed by atoms with van der Waals surface area (Å²) in [5, 5.41) is 3.64. The molecular formula is C36H39Cl2N3O5S. The molecule has 0 aliphatic carbocycles. The monoisotopic (exact) mass is 695 g/mol. The number of hydrogen-bond donors (Lipinski definition) is 1. The highest BCUT2D eigenvalue weighted by molar-refractivity contribution is 7.92. The number of ether oxygens (including phenoxy) is 1. The summed E-state index contributed by atoms with van der Waals surface area (Å²) in [6.45, 7) is 3.49. The fourth-order valence-electron chi connectivity index (χ4n) is 4.91. The Bertz CT molecular complexity index is 1720. The van der Waals surface area contributed by atoms with Crippen molar-refractivity contribution < 1.29 is 22.7 Å². The van der Waals surface area contributed by atoms with Crippen LogP contribution in [0.5, 0.6) is 5.75 Å². The van der Waals surface area contributed by atoms with Crippen molar-refractivity contribution in [1.82, 2.24) is 10.2 Å². The van der Waals surface area contributed by atoms with Crippen molar-refractivity contribution in [1.29, 1.82) is 0 Å². The molecule has 2 atom stereocenters. The zero-order valence-electron chi connectivity index (χ0n) is 26.6. The molecule has 0 heterocycles. The molecule has 0 spiro atoms. The molecule has 0 saturated heterocycles. The topological polar surface area (TPSA) is 96.0 Å². The minimum atomic E-state index is -3.94. The minimum Gasteiger partial charge on any atom is -0.489 e. The van der Waals surface area contributed by atoms with E-state index in [0.29, 0.717) is 34.4 Å². The predicted molar refractivity (Wildman–Crippen MR) is 188 cm³/mol. The number of carbonyl (C=O) groups is 2. The van der Waals surface area contributed by atoms with Gasteiger partial charge >= 0.3 is 0 Å². The lowest BCUT2D eigenvalue weighted by Gasteiger charge is -2.34. The van der Waals surface area contributed by atoms with E-state index in [4.69, 9.17) is 27.9 Å². The molecule has 0 bridgehead atoms. The van der Waals surface area contributed by atoms with E-state index >= 15 is 0 Å². The predicted octanol–water partition coefficient (Wildman–Crippen LogP) is 6.89. The zero-order chi connectivity index (χ0) is 34.0. The van der Waals surface area contributed by atoms with Gasteiger partial charge in [0.05, 0.1) is 11.9 Å². The van der Waals surface area contributed by atoms with Crippen LogP contribution >= 0.6 is 23.2 Å². The standard InChI is InChI=1S/C36H39Cl2N3O5S/c1-4-26(2)39-36(43)34(22-27-12-7-5-8-13-27)40(23-31-32(37)16-11-17-33(31)38)35(42)24-41(47(3,44)45)29-18-20-30(21-19-29)46-25-28-14-9-6-10-15-28/h5-21,26,34H,4,22-25H2,1-3H3,(H,39,43). The first-order valence-corrected chi connectivity index (χ1v) is 17.9. The summed E-state index contributed by atoms with van der Waals surface area (Å²) in [6.07, 6.45) is 1.90. The Labute approximate surface area is 287 Å². The van der Waals surface area contributed by atoms with Crippen LogP contribution in [0.25, 0.3) is 0 Å². The number of halogens is 2. The Kier molecular flexibility index (Phi) is 12.7. The molecule has 4 aromatic carbocycles. The van der Waals surface area contributed by atoms with Crippen molar-refractivity contribution in [3.05, 3.63) is 130 Å². The minimum absolute atomic E-state index is 0.118. The summed E-state index contributed by atoms with van der Waals surface area (Å²) < 4.78 is 33.1. The van der Waals surface area contributed by atoms with Gasteiger partial charge in [-0.25, -0.2) is 8.42 Å². The number of anilines is 1. The average molecular weight is 697 g/mol. The molecule has 248 valence electrons. The molecule has 0 aliphatic heterocycles. The van der Waals surface area contributed by atoms with Crippen LogP contribution in [0.2, 0.25) is 10.0 Å². The number of nitrogens with zero attached hydrogens (tertiary/aromatic N) is 2. The van der Waals surface area contributed by atoms with Gasteiger partial charge in [0.25, 0.3) is 0 Å². The third kappa shape index (κ3) is 10.2. The summed E-state index contributed by atoms with van der Waals surface area (Å²) in [7, 11) is -3.94. The highest BCUT2D eigenvalue weighted by Gasteiger charge is 2.34. The van der Waals surface area contributed by atoms with Crippen molar-refractivity contribution in [2.75, 3.05) is 17.1 Å². The van der Waals surface area contributed by atoms with Gasteiger partial charge in [-0.2, -0.15) is 0 Å². The molecule has 0 aromatic heterocycles. The molecule has 0 fully saturated rings. The lowest BCUT2D eigenvalue weighted by atomic mass is 10.0. The van der Waals surface area contributed by atoms with E-state index in [-0.39, 0.29) is 30.6 Å². The molecule has 47 heavy (non-hydrogen) atoms. The summed E-state index contributed by atoms with van der Waals surface area (Å²) >= 11 is 13.1. The summed E-state index contributed by atoms with van der Waals surface area (Å²) in [5.74, 6) is -0.432. The number of rotatable bonds is 15. The third-order valence-corrected chi connectivity index (χ3v) is 9.56. The van der Waals surface area contributed by atoms with E-state index in [1.54, 1.807) is 42.5 Å². The van der Waals surface area contributed by atoms with Gasteiger partial charge in [-0.3, -0.25) is 13.9 Å². The van der Waals surface area contributed by atoms with E-state index in [2.05, 4.69) is 5.32 Å². The molecule has 2 unspecified atom stereocenters. The first-order chi connectivity index (χ1) is 22.5. The van der Waals surface area contributed by atoms with Crippen molar-refractivity contribution in [2.45, 2.75) is 51.9 Å². The van der Waals surface area contributed by atoms with Gasteiger partial charge in [0, 0.05) is 34.6 Å². The quantitative estimate of drug-likeness (QED) is 0.146. The molecule has 0 radical (unpaired) electrons. The highest BCUT2D eigenvalue weighted by atomic mass is 35.5. The molecule has 4 aromatic rings. The fraction of sp³-hybridized carbons (Fsp3) is 0.278. The lowest BCUT2D eigenvalue weighted by molar-refractivity contribution is -0.140. The normalized spacial score (nSPS) is 12.5. The first kappa shape index (κ1) is 35.8. The van der Waals surface area contributed by atoms with Gasteiger partial charge in [-0.15, -0.1) is 0 Å². The van der Waals surface area contributed by atoms with Crippen LogP contribution in [0.15, 0.2) is 103 Å². The molecule has 0 aliphatic rings. The van der Waals surface area contributed by atoms with Gasteiger partial charge < -0.3 is 15.0 Å². The number of hydrogen-bond acceptors (Lipinski definition) is 5. The molecule has 0 saturated carbocycles. The number of sulfonamides is 1. The Morgan fingerprint density at radius 2 is 1.40 bits per heavy atom. The molecular weight excluding hydrogens is 657 g/mol. The highest BCUT2D eigenvalue weighted by Crippen LogP contribution is 2.28. The van der Waals surface area contributed by atoms with Crippen LogP contribution < -0.4 is 14.4 Å². The van der Waals surface area contributed by atoms with E-state index in [1.807, 2.05) is 74.5 Å². The van der Waals surface area contributed by atoms with Gasteiger partial charge in [0.15, 0.2) is 0 Å². The van der Waals surface area contributed by atoms with E-state index in [1.165, 1.54) is 4.90 Å². The second kappa shape index (κ2) is 16.7. The maximum Gasteiger partial charge on any atom is 0.244 e. The average Bonchev–Trinajstić information content (AvgIpc) is 3.06. The molecule has 4 rings (SSSR count). The maximum absolute atomic E-state index is 14.3. The number of carbonyl (C=O) groups excluding carboxylic acids is 2. The van der Waals surface area contributed by atoms with E-state index in [9.17, 15) is 18.0 Å². The first-order valence-electron chi connectivity index (χ1n) is 15.3. The smallest absolute Gasteiger partial charge is 0.244 e. The van der Waals surface area contributed by atoms with E-state index in [0.717, 1.165) is 21.7 Å². The Morgan fingerprint density at radius 3 is 1.96 bits per heavy atom. The third-order valence-electron chi connectivity index (χ3n) is 7.71. The SMILES string of the molecule is CCC(C)NC(=O)C(Cc1ccccc1)N(Cc1c(Cl)cccc1Cl)C(=O)CN(c1ccc(OCc2ccccc2)cc1)S(C)(=O)=O. The largest absolute Gasteiger partial charge is 0.489 e. The van der Waals surface area contributed by atoms with Gasteiger partial charge in [-0.1, -0.05) is 96.9 Å². The van der Waals surface area contributed by atoms with Crippen LogP contribution in [-0.2, 0) is 39.2 Å². The fourth-order valence-corrected chi connectivity index (χ4v) is 6.28. The molecule has 11 heteroatoms. The van der Waals surface area contributed by atoms with Crippen molar-refractivity contribution in [3.8, 4) is 5.75 Å². The Morgan fingerprint density at radius 1 is 0.830 bits per heavy atom. The summed E-state index contributed by atoms with van der Waals surface area (Å²) in [5.41, 5.74) is 2.53. The number of nitrogens with one attached hydrogen (secondary N) is 1. The molecule has 2 amide bonds. The van der Waals surface area contributed by atoms with Crippen LogP contribution in [0.3, 0.4) is 0 Å². The second-order valence-electron chi connectivity index (χ2n) is 11.3. The maximum atomic E-state index is 14.3. The lowest BCUT2D eigenvalue weighted by Crippen LogP contribution is -2.54. The Hall–Kier alpha value is -4.05. The second-order valence-corrected chi connectivity index (χ2v) is 14.0. The van der Waals surface area contributed by atoms with Crippen LogP contribution in [0.1, 0.15) is 37.0 Å². The van der Waals surface area contributed by atoms with Crippen molar-refractivity contribution >= 4 is 50.7 Å². The Balaban J connectivity index is 1.68. The summed E-state index contributed by atoms with van der Waals surface area (Å²) in [6, 6.07) is 29.3. The molecule has 8 nitrogen and oxygen atoms in total. The summed E-state index contributed by atoms with van der Waals surface area (Å²) in [4.78, 5) is 29.6. The van der Waals surface area contributed by atoms with Crippen molar-refractivity contribution in [3.63, 3.8) is 0 Å². The zero-order valence-corrected chi connectivity index (χ0v) is 28.9. The number of amides is 2. The van der Waals surface area contributed by atoms with Gasteiger partial charge in [0.2, 0.25) is 21.8 Å². The van der Waals surface area contributed by atoms with Crippen LogP contribution in [0.4, 0.5) is 5.69 Å². The van der Waals surface area contributed by atoms with Crippen molar-refractivity contribution in [2.24, 2.45) is 0 Å². The number of benzene rings is 4. The van der Waals surface area contributed by atoms with Crippen LogP contribution in [-0.4, -0.2) is 50.0 Å². The molecule has 1 N–H and O–H groups in total.